The van der Waals surface area contributed by atoms with Gasteiger partial charge in [0.1, 0.15) is 13.0 Å². The molecule has 9 heteroatoms. The van der Waals surface area contributed by atoms with Crippen LogP contribution in [0.15, 0.2) is 35.4 Å². The van der Waals surface area contributed by atoms with Gasteiger partial charge in [0.25, 0.3) is 0 Å². The van der Waals surface area contributed by atoms with Crippen LogP contribution in [0, 0.1) is 22.8 Å². The number of nitrogens with zero attached hydrogens (tertiary/aromatic N) is 1. The quantitative estimate of drug-likeness (QED) is 0.176. The summed E-state index contributed by atoms with van der Waals surface area (Å²) in [4.78, 5) is 23.9. The number of hydrazone groups is 1. The zero-order valence-corrected chi connectivity index (χ0v) is 19.2. The third kappa shape index (κ3) is 6.93. The molecule has 2 amide bonds. The molecule has 0 spiro atoms. The number of halogens is 2. The normalized spacial score (nSPS) is 10.4. The van der Waals surface area contributed by atoms with E-state index in [1.54, 1.807) is 30.3 Å². The number of anilines is 1. The minimum Gasteiger partial charge on any atom is -0.493 e. The number of ether oxygens (including phenoxy) is 2. The van der Waals surface area contributed by atoms with Crippen molar-refractivity contribution in [2.24, 2.45) is 5.10 Å². The lowest BCUT2D eigenvalue weighted by Gasteiger charge is -2.11. The second kappa shape index (κ2) is 11.4. The molecule has 2 aromatic carbocycles. The van der Waals surface area contributed by atoms with Crippen molar-refractivity contribution >= 4 is 57.9 Å². The molecule has 0 saturated heterocycles. The maximum Gasteiger partial charge on any atom is 0.249 e. The van der Waals surface area contributed by atoms with Crippen LogP contribution in [-0.2, 0) is 9.59 Å². The number of hydrogen-bond acceptors (Lipinski definition) is 5. The number of hydrogen-bond donors (Lipinski definition) is 2. The Morgan fingerprint density at radius 1 is 1.30 bits per heavy atom. The molecule has 0 bridgehead atoms. The van der Waals surface area contributed by atoms with E-state index in [2.05, 4.69) is 44.4 Å². The first kappa shape index (κ1) is 23.5. The van der Waals surface area contributed by atoms with Gasteiger partial charge in [-0.15, -0.1) is 6.42 Å². The Bertz CT molecular complexity index is 1020. The lowest BCUT2D eigenvalue weighted by molar-refractivity contribution is -0.126. The third-order valence-corrected chi connectivity index (χ3v) is 4.94. The van der Waals surface area contributed by atoms with Crippen LogP contribution in [0.1, 0.15) is 17.5 Å². The predicted octanol–water partition coefficient (Wildman–Crippen LogP) is 3.75. The van der Waals surface area contributed by atoms with Gasteiger partial charge in [-0.05, 0) is 64.9 Å². The highest BCUT2D eigenvalue weighted by molar-refractivity contribution is 14.1. The van der Waals surface area contributed by atoms with Crippen LogP contribution in [0.3, 0.4) is 0 Å². The highest BCUT2D eigenvalue weighted by atomic mass is 127. The van der Waals surface area contributed by atoms with Crippen molar-refractivity contribution in [1.29, 1.82) is 0 Å². The molecule has 0 saturated carbocycles. The molecule has 2 aromatic rings. The van der Waals surface area contributed by atoms with Gasteiger partial charge in [0.05, 0.1) is 16.9 Å². The van der Waals surface area contributed by atoms with Crippen LogP contribution >= 0.6 is 34.2 Å². The number of carbonyl (C=O) groups excluding carboxylic acids is 2. The lowest BCUT2D eigenvalue weighted by Crippen LogP contribution is -2.24. The van der Waals surface area contributed by atoms with E-state index in [4.69, 9.17) is 27.5 Å². The van der Waals surface area contributed by atoms with Gasteiger partial charge in [-0.1, -0.05) is 23.6 Å². The molecule has 0 heterocycles. The fourth-order valence-corrected chi connectivity index (χ4v) is 3.27. The van der Waals surface area contributed by atoms with Gasteiger partial charge >= 0.3 is 0 Å². The van der Waals surface area contributed by atoms with Gasteiger partial charge in [0.15, 0.2) is 11.5 Å². The van der Waals surface area contributed by atoms with Crippen molar-refractivity contribution in [3.63, 3.8) is 0 Å². The molecule has 0 radical (unpaired) electrons. The van der Waals surface area contributed by atoms with Crippen molar-refractivity contribution in [1.82, 2.24) is 5.43 Å². The summed E-state index contributed by atoms with van der Waals surface area (Å²) in [6, 6.07) is 8.59. The zero-order valence-electron chi connectivity index (χ0n) is 16.3. The van der Waals surface area contributed by atoms with Crippen LogP contribution < -0.4 is 20.2 Å². The van der Waals surface area contributed by atoms with Crippen molar-refractivity contribution in [2.45, 2.75) is 13.3 Å². The average Bonchev–Trinajstić information content (AvgIpc) is 2.69. The Kier molecular flexibility index (Phi) is 8.95. The number of nitrogens with one attached hydrogen (secondary N) is 2. The van der Waals surface area contributed by atoms with E-state index in [1.807, 2.05) is 6.92 Å². The molecule has 7 nitrogen and oxygen atoms in total. The molecular formula is C21H19ClIN3O4. The van der Waals surface area contributed by atoms with Gasteiger partial charge in [-0.3, -0.25) is 9.59 Å². The van der Waals surface area contributed by atoms with Crippen LogP contribution in [-0.4, -0.2) is 31.7 Å². The fourth-order valence-electron chi connectivity index (χ4n) is 2.31. The van der Waals surface area contributed by atoms with Gasteiger partial charge in [-0.25, -0.2) is 5.43 Å². The highest BCUT2D eigenvalue weighted by Crippen LogP contribution is 2.33. The topological polar surface area (TPSA) is 89.0 Å². The Balaban J connectivity index is 1.93. The summed E-state index contributed by atoms with van der Waals surface area (Å²) in [6.45, 7) is 1.97. The molecule has 0 fully saturated rings. The average molecular weight is 540 g/mol. The van der Waals surface area contributed by atoms with E-state index in [0.717, 1.165) is 9.13 Å². The number of carbonyl (C=O) groups is 2. The fraction of sp³-hybridized carbons (Fsp3) is 0.190. The van der Waals surface area contributed by atoms with Crippen molar-refractivity contribution in [2.75, 3.05) is 19.0 Å². The summed E-state index contributed by atoms with van der Waals surface area (Å²) in [5.41, 5.74) is 4.39. The summed E-state index contributed by atoms with van der Waals surface area (Å²) >= 11 is 8.11. The molecule has 0 aliphatic rings. The van der Waals surface area contributed by atoms with Crippen LogP contribution in [0.5, 0.6) is 11.5 Å². The monoisotopic (exact) mass is 539 g/mol. The molecule has 0 atom stereocenters. The zero-order chi connectivity index (χ0) is 22.1. The second-order valence-corrected chi connectivity index (χ2v) is 7.58. The Morgan fingerprint density at radius 2 is 2.07 bits per heavy atom. The SMILES string of the molecule is C#CCOc1c(I)cc(C=NNC(=O)CC(=O)Nc2ccc(C)c(Cl)c2)cc1OC. The summed E-state index contributed by atoms with van der Waals surface area (Å²) < 4.78 is 11.6. The molecule has 2 N–H and O–H groups in total. The standard InChI is InChI=1S/C21H19ClIN3O4/c1-4-7-30-21-17(23)8-14(9-18(21)29-3)12-24-26-20(28)11-19(27)25-15-6-5-13(2)16(22)10-15/h1,5-6,8-10,12H,7,11H2,2-3H3,(H,25,27)(H,26,28). The lowest BCUT2D eigenvalue weighted by atomic mass is 10.2. The van der Waals surface area contributed by atoms with Crippen molar-refractivity contribution in [3.05, 3.63) is 50.1 Å². The van der Waals surface area contributed by atoms with E-state index < -0.39 is 11.8 Å². The Labute approximate surface area is 193 Å². The maximum absolute atomic E-state index is 12.0. The molecular weight excluding hydrogens is 521 g/mol. The smallest absolute Gasteiger partial charge is 0.249 e. The molecule has 156 valence electrons. The first-order valence-electron chi connectivity index (χ1n) is 8.65. The number of amides is 2. The van der Waals surface area contributed by atoms with E-state index in [9.17, 15) is 9.59 Å². The van der Waals surface area contributed by atoms with Crippen LogP contribution in [0.4, 0.5) is 5.69 Å². The first-order valence-corrected chi connectivity index (χ1v) is 10.1. The van der Waals surface area contributed by atoms with Crippen molar-refractivity contribution in [3.8, 4) is 23.8 Å². The van der Waals surface area contributed by atoms with Gasteiger partial charge in [0, 0.05) is 10.7 Å². The summed E-state index contributed by atoms with van der Waals surface area (Å²) in [6.07, 6.45) is 6.27. The number of terminal acetylenes is 1. The van der Waals surface area contributed by atoms with E-state index in [-0.39, 0.29) is 13.0 Å². The summed E-state index contributed by atoms with van der Waals surface area (Å²) in [5, 5.41) is 7.02. The highest BCUT2D eigenvalue weighted by Gasteiger charge is 2.12. The number of benzene rings is 2. The van der Waals surface area contributed by atoms with E-state index in [0.29, 0.717) is 27.8 Å². The second-order valence-electron chi connectivity index (χ2n) is 6.01. The van der Waals surface area contributed by atoms with Crippen molar-refractivity contribution < 1.29 is 19.1 Å². The number of methoxy groups -OCH3 is 1. The molecule has 30 heavy (non-hydrogen) atoms. The molecule has 0 aliphatic carbocycles. The largest absolute Gasteiger partial charge is 0.493 e. The molecule has 0 unspecified atom stereocenters. The van der Waals surface area contributed by atoms with Crippen LogP contribution in [0.25, 0.3) is 0 Å². The van der Waals surface area contributed by atoms with Crippen LogP contribution in [0.2, 0.25) is 5.02 Å². The predicted molar refractivity (Wildman–Crippen MR) is 125 cm³/mol. The number of aryl methyl sites for hydroxylation is 1. The Hall–Kier alpha value is -2.77. The summed E-state index contributed by atoms with van der Waals surface area (Å²) in [5.74, 6) is 2.38. The Morgan fingerprint density at radius 3 is 2.73 bits per heavy atom. The van der Waals surface area contributed by atoms with E-state index in [1.165, 1.54) is 13.3 Å². The maximum atomic E-state index is 12.0. The van der Waals surface area contributed by atoms with Gasteiger partial charge < -0.3 is 14.8 Å². The van der Waals surface area contributed by atoms with Gasteiger partial charge in [0.2, 0.25) is 11.8 Å². The molecule has 0 aliphatic heterocycles. The molecule has 2 rings (SSSR count). The minimum atomic E-state index is -0.558. The summed E-state index contributed by atoms with van der Waals surface area (Å²) in [7, 11) is 1.51. The number of rotatable bonds is 8. The van der Waals surface area contributed by atoms with Gasteiger partial charge in [-0.2, -0.15) is 5.10 Å². The first-order chi connectivity index (χ1) is 14.3. The molecule has 0 aromatic heterocycles. The minimum absolute atomic E-state index is 0.118. The van der Waals surface area contributed by atoms with E-state index >= 15 is 0 Å². The third-order valence-electron chi connectivity index (χ3n) is 3.73.